The first-order valence-electron chi connectivity index (χ1n) is 17.7. The molecule has 0 bridgehead atoms. The first kappa shape index (κ1) is 35.8. The van der Waals surface area contributed by atoms with Gasteiger partial charge in [0.25, 0.3) is 0 Å². The van der Waals surface area contributed by atoms with Crippen LogP contribution in [0.4, 0.5) is 27.0 Å². The molecule has 0 atom stereocenters. The third-order valence-corrected chi connectivity index (χ3v) is 11.7. The maximum Gasteiger partial charge on any atom is 0.410 e. The van der Waals surface area contributed by atoms with Gasteiger partial charge in [-0.15, -0.1) is 0 Å². The van der Waals surface area contributed by atoms with Crippen molar-refractivity contribution in [3.8, 4) is 0 Å². The molecule has 4 aliphatic heterocycles. The van der Waals surface area contributed by atoms with E-state index in [4.69, 9.17) is 4.74 Å². The highest BCUT2D eigenvalue weighted by atomic mass is 32.1. The van der Waals surface area contributed by atoms with Gasteiger partial charge < -0.3 is 34.6 Å². The summed E-state index contributed by atoms with van der Waals surface area (Å²) in [5.74, 6) is 4.98. The molecule has 2 aromatic rings. The number of hydrogen-bond donors (Lipinski definition) is 1. The number of piperidine rings is 4. The van der Waals surface area contributed by atoms with Crippen molar-refractivity contribution in [1.82, 2.24) is 28.9 Å². The number of ether oxygens (including phenoxy) is 1. The van der Waals surface area contributed by atoms with Crippen molar-refractivity contribution in [2.45, 2.75) is 77.7 Å². The number of likely N-dealkylation sites (tertiary alicyclic amines) is 1. The molecule has 0 saturated carbocycles. The molecule has 12 nitrogen and oxygen atoms in total. The summed E-state index contributed by atoms with van der Waals surface area (Å²) in [6, 6.07) is 0. The molecular formula is C33H58N10O2S2. The third-order valence-electron chi connectivity index (χ3n) is 10.1. The number of aromatic nitrogens is 4. The SMILES string of the molecule is CN(C)c1nsc(N2CCC(C3CCN(C(=O)OC(C)(C)C)CC3)CC2)n1.CN(C)c1nsc(N2CCC(C3CCNCC3)CC2)n1. The van der Waals surface area contributed by atoms with Crippen LogP contribution in [0.3, 0.4) is 0 Å². The van der Waals surface area contributed by atoms with E-state index < -0.39 is 5.60 Å². The van der Waals surface area contributed by atoms with Crippen LogP contribution < -0.4 is 24.9 Å². The van der Waals surface area contributed by atoms with Crippen LogP contribution in [0.2, 0.25) is 0 Å². The fourth-order valence-electron chi connectivity index (χ4n) is 7.36. The molecule has 1 N–H and O–H groups in total. The summed E-state index contributed by atoms with van der Waals surface area (Å²) in [6.07, 6.45) is 9.80. The summed E-state index contributed by atoms with van der Waals surface area (Å²) in [6.45, 7) is 14.2. The Labute approximate surface area is 290 Å². The molecule has 264 valence electrons. The summed E-state index contributed by atoms with van der Waals surface area (Å²) in [4.78, 5) is 32.1. The van der Waals surface area contributed by atoms with Gasteiger partial charge in [-0.3, -0.25) is 0 Å². The Kier molecular flexibility index (Phi) is 12.4. The van der Waals surface area contributed by atoms with E-state index in [0.29, 0.717) is 0 Å². The molecule has 6 heterocycles. The Balaban J connectivity index is 0.000000193. The van der Waals surface area contributed by atoms with E-state index in [2.05, 4.69) is 33.8 Å². The zero-order valence-electron chi connectivity index (χ0n) is 29.8. The summed E-state index contributed by atoms with van der Waals surface area (Å²) in [5, 5.41) is 5.60. The van der Waals surface area contributed by atoms with Crippen LogP contribution in [-0.4, -0.2) is 116 Å². The highest BCUT2D eigenvalue weighted by Crippen LogP contribution is 2.36. The second-order valence-electron chi connectivity index (χ2n) is 15.1. The highest BCUT2D eigenvalue weighted by Gasteiger charge is 2.33. The van der Waals surface area contributed by atoms with Gasteiger partial charge in [-0.2, -0.15) is 18.7 Å². The number of carbonyl (C=O) groups excluding carboxylic acids is 1. The Morgan fingerprint density at radius 1 is 0.681 bits per heavy atom. The van der Waals surface area contributed by atoms with Gasteiger partial charge in [0.05, 0.1) is 0 Å². The van der Waals surface area contributed by atoms with Crippen molar-refractivity contribution in [3.05, 3.63) is 0 Å². The Bertz CT molecular complexity index is 1230. The number of amides is 1. The largest absolute Gasteiger partial charge is 0.444 e. The van der Waals surface area contributed by atoms with Crippen LogP contribution in [0.25, 0.3) is 0 Å². The van der Waals surface area contributed by atoms with Gasteiger partial charge in [0.2, 0.25) is 22.2 Å². The summed E-state index contributed by atoms with van der Waals surface area (Å²) >= 11 is 3.03. The number of nitrogens with zero attached hydrogens (tertiary/aromatic N) is 9. The van der Waals surface area contributed by atoms with Gasteiger partial charge in [-0.1, -0.05) is 0 Å². The molecule has 47 heavy (non-hydrogen) atoms. The molecule has 0 spiro atoms. The molecular weight excluding hydrogens is 633 g/mol. The lowest BCUT2D eigenvalue weighted by Crippen LogP contribution is -2.44. The van der Waals surface area contributed by atoms with Crippen molar-refractivity contribution < 1.29 is 9.53 Å². The standard InChI is InChI=1S/C19H33N5O2S.C14H25N5S/c1-19(2,3)26-18(25)24-12-8-15(9-13-24)14-6-10-23(11-7-14)17-20-16(21-27-17)22(4)5;1-18(2)13-16-14(20-17-13)19-9-5-12(6-10-19)11-3-7-15-8-4-11/h14-15H,6-13H2,1-5H3;11-12,15H,3-10H2,1-2H3. The number of hydrogen-bond acceptors (Lipinski definition) is 13. The van der Waals surface area contributed by atoms with E-state index in [1.807, 2.05) is 63.7 Å². The predicted octanol–water partition coefficient (Wildman–Crippen LogP) is 5.29. The predicted molar refractivity (Wildman–Crippen MR) is 194 cm³/mol. The maximum absolute atomic E-state index is 12.2. The van der Waals surface area contributed by atoms with Crippen molar-refractivity contribution in [3.63, 3.8) is 0 Å². The van der Waals surface area contributed by atoms with Crippen LogP contribution in [0, 0.1) is 23.7 Å². The minimum atomic E-state index is -0.419. The molecule has 0 unspecified atom stereocenters. The van der Waals surface area contributed by atoms with Crippen LogP contribution in [-0.2, 0) is 4.74 Å². The Morgan fingerprint density at radius 2 is 1.06 bits per heavy atom. The average molecular weight is 691 g/mol. The lowest BCUT2D eigenvalue weighted by Gasteiger charge is -2.40. The van der Waals surface area contributed by atoms with Gasteiger partial charge in [0, 0.05) is 90.5 Å². The summed E-state index contributed by atoms with van der Waals surface area (Å²) < 4.78 is 14.3. The monoisotopic (exact) mass is 690 g/mol. The van der Waals surface area contributed by atoms with Crippen LogP contribution in [0.1, 0.15) is 72.1 Å². The summed E-state index contributed by atoms with van der Waals surface area (Å²) in [5.41, 5.74) is -0.419. The van der Waals surface area contributed by atoms with Gasteiger partial charge in [0.15, 0.2) is 0 Å². The average Bonchev–Trinajstić information content (AvgIpc) is 3.77. The smallest absolute Gasteiger partial charge is 0.410 e. The first-order chi connectivity index (χ1) is 22.5. The van der Waals surface area contributed by atoms with Crippen LogP contribution >= 0.6 is 23.1 Å². The first-order valence-corrected chi connectivity index (χ1v) is 19.2. The van der Waals surface area contributed by atoms with E-state index >= 15 is 0 Å². The quantitative estimate of drug-likeness (QED) is 0.428. The Hall–Kier alpha value is -2.45. The molecule has 4 aliphatic rings. The molecule has 6 rings (SSSR count). The zero-order chi connectivity index (χ0) is 33.6. The van der Waals surface area contributed by atoms with E-state index in [-0.39, 0.29) is 6.09 Å². The van der Waals surface area contributed by atoms with Gasteiger partial charge >= 0.3 is 6.09 Å². The minimum Gasteiger partial charge on any atom is -0.444 e. The van der Waals surface area contributed by atoms with E-state index in [1.54, 1.807) is 0 Å². The number of rotatable bonds is 6. The van der Waals surface area contributed by atoms with E-state index in [9.17, 15) is 4.79 Å². The number of anilines is 4. The van der Waals surface area contributed by atoms with E-state index in [1.165, 1.54) is 74.7 Å². The molecule has 0 aliphatic carbocycles. The normalized spacial score (nSPS) is 21.0. The van der Waals surface area contributed by atoms with Gasteiger partial charge in [-0.25, -0.2) is 4.79 Å². The fourth-order valence-corrected chi connectivity index (χ4v) is 8.93. The molecule has 14 heteroatoms. The summed E-state index contributed by atoms with van der Waals surface area (Å²) in [7, 11) is 7.94. The topological polar surface area (TPSA) is 106 Å². The van der Waals surface area contributed by atoms with Crippen LogP contribution in [0.5, 0.6) is 0 Å². The molecule has 4 fully saturated rings. The highest BCUT2D eigenvalue weighted by molar-refractivity contribution is 7.10. The molecule has 4 saturated heterocycles. The molecule has 0 aromatic carbocycles. The lowest BCUT2D eigenvalue weighted by atomic mass is 9.79. The number of carbonyl (C=O) groups is 1. The van der Waals surface area contributed by atoms with Gasteiger partial charge in [-0.05, 0) is 109 Å². The van der Waals surface area contributed by atoms with Crippen LogP contribution in [0.15, 0.2) is 0 Å². The van der Waals surface area contributed by atoms with Crippen molar-refractivity contribution in [2.24, 2.45) is 23.7 Å². The Morgan fingerprint density at radius 3 is 1.43 bits per heavy atom. The zero-order valence-corrected chi connectivity index (χ0v) is 31.4. The van der Waals surface area contributed by atoms with Crippen molar-refractivity contribution in [2.75, 3.05) is 100 Å². The lowest BCUT2D eigenvalue weighted by molar-refractivity contribution is 0.0152. The minimum absolute atomic E-state index is 0.163. The van der Waals surface area contributed by atoms with Gasteiger partial charge in [0.1, 0.15) is 5.60 Å². The third kappa shape index (κ3) is 10.0. The second-order valence-corrected chi connectivity index (χ2v) is 16.5. The van der Waals surface area contributed by atoms with Crippen molar-refractivity contribution >= 4 is 51.3 Å². The second kappa shape index (κ2) is 16.3. The molecule has 1 amide bonds. The van der Waals surface area contributed by atoms with E-state index in [0.717, 1.165) is 97.9 Å². The number of nitrogens with one attached hydrogen (secondary N) is 1. The molecule has 0 radical (unpaired) electrons. The molecule has 2 aromatic heterocycles. The maximum atomic E-state index is 12.2. The van der Waals surface area contributed by atoms with Crippen molar-refractivity contribution in [1.29, 1.82) is 0 Å². The fraction of sp³-hybridized carbons (Fsp3) is 0.848.